The molecule has 0 aliphatic carbocycles. The van der Waals surface area contributed by atoms with Crippen molar-refractivity contribution in [1.82, 2.24) is 0 Å². The van der Waals surface area contributed by atoms with Crippen LogP contribution in [-0.2, 0) is 6.42 Å². The van der Waals surface area contributed by atoms with Crippen LogP contribution in [-0.4, -0.2) is 15.8 Å². The number of hydrogen-bond acceptors (Lipinski definition) is 3. The van der Waals surface area contributed by atoms with Crippen LogP contribution in [0.4, 0.5) is 0 Å². The number of ether oxygens (including phenoxy) is 1. The Morgan fingerprint density at radius 1 is 1.14 bits per heavy atom. The zero-order valence-corrected chi connectivity index (χ0v) is 9.50. The lowest BCUT2D eigenvalue weighted by molar-refractivity contribution is 0.289. The molecule has 14 heavy (non-hydrogen) atoms. The summed E-state index contributed by atoms with van der Waals surface area (Å²) in [6.07, 6.45) is 2.38. The topological polar surface area (TPSA) is 9.23 Å². The second kappa shape index (κ2) is 3.38. The Labute approximate surface area is 92.6 Å². The predicted octanol–water partition coefficient (Wildman–Crippen LogP) is 3.15. The molecule has 0 bridgehead atoms. The highest BCUT2D eigenvalue weighted by Gasteiger charge is 2.41. The van der Waals surface area contributed by atoms with E-state index in [1.807, 2.05) is 23.5 Å². The summed E-state index contributed by atoms with van der Waals surface area (Å²) in [6, 6.07) is 8.41. The SMILES string of the molecule is c1ccc2c(c1)CC1(O2)SCCCS1. The molecule has 0 aromatic heterocycles. The molecule has 1 aromatic carbocycles. The summed E-state index contributed by atoms with van der Waals surface area (Å²) < 4.78 is 6.08. The van der Waals surface area contributed by atoms with E-state index >= 15 is 0 Å². The molecule has 0 unspecified atom stereocenters. The van der Waals surface area contributed by atoms with Gasteiger partial charge >= 0.3 is 0 Å². The summed E-state index contributed by atoms with van der Waals surface area (Å²) >= 11 is 3.94. The van der Waals surface area contributed by atoms with E-state index in [9.17, 15) is 0 Å². The molecule has 2 aliphatic rings. The molecule has 1 nitrogen and oxygen atoms in total. The molecule has 74 valence electrons. The molecule has 1 spiro atoms. The highest BCUT2D eigenvalue weighted by atomic mass is 32.2. The molecule has 0 saturated carbocycles. The van der Waals surface area contributed by atoms with E-state index in [0.29, 0.717) is 0 Å². The minimum absolute atomic E-state index is 0.0158. The molecule has 0 N–H and O–H groups in total. The van der Waals surface area contributed by atoms with Crippen LogP contribution < -0.4 is 4.74 Å². The number of benzene rings is 1. The lowest BCUT2D eigenvalue weighted by atomic mass is 10.2. The minimum Gasteiger partial charge on any atom is -0.467 e. The van der Waals surface area contributed by atoms with Gasteiger partial charge in [0.25, 0.3) is 0 Å². The van der Waals surface area contributed by atoms with Gasteiger partial charge in [-0.05, 0) is 24.0 Å². The number of fused-ring (bicyclic) bond motifs is 1. The highest BCUT2D eigenvalue weighted by Crippen LogP contribution is 2.51. The van der Waals surface area contributed by atoms with E-state index in [4.69, 9.17) is 4.74 Å². The number of hydrogen-bond donors (Lipinski definition) is 0. The van der Waals surface area contributed by atoms with Gasteiger partial charge in [-0.25, -0.2) is 0 Å². The number of para-hydroxylation sites is 1. The summed E-state index contributed by atoms with van der Waals surface area (Å²) in [4.78, 5) is 0. The minimum atomic E-state index is 0.0158. The third-order valence-electron chi connectivity index (χ3n) is 2.58. The summed E-state index contributed by atoms with van der Waals surface area (Å²) in [5, 5.41) is 0. The van der Waals surface area contributed by atoms with Gasteiger partial charge < -0.3 is 4.74 Å². The van der Waals surface area contributed by atoms with Crippen LogP contribution in [0.25, 0.3) is 0 Å². The molecule has 1 fully saturated rings. The van der Waals surface area contributed by atoms with Gasteiger partial charge in [0.2, 0.25) is 4.27 Å². The quantitative estimate of drug-likeness (QED) is 0.670. The second-order valence-electron chi connectivity index (χ2n) is 3.62. The van der Waals surface area contributed by atoms with Crippen molar-refractivity contribution in [2.24, 2.45) is 0 Å². The molecule has 3 heteroatoms. The average molecular weight is 224 g/mol. The van der Waals surface area contributed by atoms with Crippen molar-refractivity contribution in [2.75, 3.05) is 11.5 Å². The van der Waals surface area contributed by atoms with Gasteiger partial charge in [0.05, 0.1) is 0 Å². The van der Waals surface area contributed by atoms with E-state index in [-0.39, 0.29) is 4.27 Å². The zero-order chi connectivity index (χ0) is 9.43. The molecule has 0 atom stereocenters. The van der Waals surface area contributed by atoms with Crippen LogP contribution in [0.1, 0.15) is 12.0 Å². The second-order valence-corrected chi connectivity index (χ2v) is 6.59. The first kappa shape index (κ1) is 8.98. The molecule has 3 rings (SSSR count). The van der Waals surface area contributed by atoms with Gasteiger partial charge in [-0.2, -0.15) is 0 Å². The van der Waals surface area contributed by atoms with Gasteiger partial charge in [-0.3, -0.25) is 0 Å². The maximum Gasteiger partial charge on any atom is 0.205 e. The van der Waals surface area contributed by atoms with Crippen LogP contribution in [0.15, 0.2) is 24.3 Å². The first-order chi connectivity index (χ1) is 6.88. The molecular weight excluding hydrogens is 212 g/mol. The van der Waals surface area contributed by atoms with E-state index in [1.165, 1.54) is 23.5 Å². The monoisotopic (exact) mass is 224 g/mol. The molecule has 0 radical (unpaired) electrons. The van der Waals surface area contributed by atoms with Gasteiger partial charge in [-0.15, -0.1) is 23.5 Å². The third-order valence-corrected chi connectivity index (χ3v) is 5.61. The van der Waals surface area contributed by atoms with Gasteiger partial charge in [-0.1, -0.05) is 18.2 Å². The van der Waals surface area contributed by atoms with Crippen molar-refractivity contribution in [2.45, 2.75) is 17.1 Å². The smallest absolute Gasteiger partial charge is 0.205 e. The summed E-state index contributed by atoms with van der Waals surface area (Å²) in [6.45, 7) is 0. The Bertz CT molecular complexity index is 318. The van der Waals surface area contributed by atoms with Crippen molar-refractivity contribution in [3.8, 4) is 5.75 Å². The summed E-state index contributed by atoms with van der Waals surface area (Å²) in [5.41, 5.74) is 1.37. The normalized spacial score (nSPS) is 23.1. The molecule has 2 heterocycles. The molecular formula is C11H12OS2. The van der Waals surface area contributed by atoms with E-state index < -0.39 is 0 Å². The van der Waals surface area contributed by atoms with Crippen molar-refractivity contribution in [3.05, 3.63) is 29.8 Å². The lowest BCUT2D eigenvalue weighted by Gasteiger charge is -2.30. The maximum atomic E-state index is 6.06. The van der Waals surface area contributed by atoms with Gasteiger partial charge in [0.1, 0.15) is 5.75 Å². The number of rotatable bonds is 0. The van der Waals surface area contributed by atoms with Crippen LogP contribution >= 0.6 is 23.5 Å². The fourth-order valence-electron chi connectivity index (χ4n) is 1.90. The maximum absolute atomic E-state index is 6.06. The molecule has 2 aliphatic heterocycles. The number of thioether (sulfide) groups is 2. The largest absolute Gasteiger partial charge is 0.467 e. The van der Waals surface area contributed by atoms with E-state index in [0.717, 1.165) is 12.2 Å². The van der Waals surface area contributed by atoms with Gasteiger partial charge in [0, 0.05) is 12.0 Å². The van der Waals surface area contributed by atoms with E-state index in [1.54, 1.807) is 0 Å². The van der Waals surface area contributed by atoms with E-state index in [2.05, 4.69) is 24.3 Å². The molecule has 0 amide bonds. The predicted molar refractivity (Wildman–Crippen MR) is 63.0 cm³/mol. The van der Waals surface area contributed by atoms with Crippen molar-refractivity contribution in [3.63, 3.8) is 0 Å². The molecule has 1 aromatic rings. The van der Waals surface area contributed by atoms with Crippen LogP contribution in [0.3, 0.4) is 0 Å². The fourth-order valence-corrected chi connectivity index (χ4v) is 4.93. The highest BCUT2D eigenvalue weighted by molar-refractivity contribution is 8.18. The van der Waals surface area contributed by atoms with Gasteiger partial charge in [0.15, 0.2) is 0 Å². The Balaban J connectivity index is 1.89. The Morgan fingerprint density at radius 2 is 1.93 bits per heavy atom. The lowest BCUT2D eigenvalue weighted by Crippen LogP contribution is -2.29. The Hall–Kier alpha value is -0.280. The van der Waals surface area contributed by atoms with Crippen LogP contribution in [0, 0.1) is 0 Å². The summed E-state index contributed by atoms with van der Waals surface area (Å²) in [7, 11) is 0. The Morgan fingerprint density at radius 3 is 2.71 bits per heavy atom. The third kappa shape index (κ3) is 1.43. The van der Waals surface area contributed by atoms with Crippen molar-refractivity contribution in [1.29, 1.82) is 0 Å². The van der Waals surface area contributed by atoms with Crippen molar-refractivity contribution < 1.29 is 4.74 Å². The first-order valence-electron chi connectivity index (χ1n) is 4.93. The average Bonchev–Trinajstić information content (AvgIpc) is 2.56. The van der Waals surface area contributed by atoms with Crippen LogP contribution in [0.5, 0.6) is 5.75 Å². The molecule has 1 saturated heterocycles. The Kier molecular flexibility index (Phi) is 2.17. The standard InChI is InChI=1S/C11H12OS2/c1-2-5-10-9(4-1)8-11(12-10)13-6-3-7-14-11/h1-2,4-5H,3,6-8H2. The van der Waals surface area contributed by atoms with Crippen LogP contribution in [0.2, 0.25) is 0 Å². The fraction of sp³-hybridized carbons (Fsp3) is 0.455. The van der Waals surface area contributed by atoms with Crippen molar-refractivity contribution >= 4 is 23.5 Å². The zero-order valence-electron chi connectivity index (χ0n) is 7.86. The summed E-state index contributed by atoms with van der Waals surface area (Å²) in [5.74, 6) is 3.57. The first-order valence-corrected chi connectivity index (χ1v) is 6.90.